The van der Waals surface area contributed by atoms with E-state index in [-0.39, 0.29) is 23.8 Å². The number of hydrogen-bond acceptors (Lipinski definition) is 3. The number of nitrogens with one attached hydrogen (secondary N) is 1. The number of amides is 2. The number of carbonyl (C=O) groups excluding carboxylic acids is 2. The number of ether oxygens (including phenoxy) is 1. The number of carbonyl (C=O) groups is 2. The first kappa shape index (κ1) is 19.1. The Bertz CT molecular complexity index is 791. The molecular weight excluding hydrogens is 340 g/mol. The SMILES string of the molecule is CC1CN(C(=O)c2cccc(NC(=O)C(C)Cc3ccccc3)c2)CCO1. The molecule has 1 aliphatic rings. The fraction of sp³-hybridized carbons (Fsp3) is 0.364. The number of hydrogen-bond donors (Lipinski definition) is 1. The Morgan fingerprint density at radius 2 is 1.96 bits per heavy atom. The van der Waals surface area contributed by atoms with Crippen LogP contribution in [0.15, 0.2) is 54.6 Å². The lowest BCUT2D eigenvalue weighted by atomic mass is 10.0. The second kappa shape index (κ2) is 8.82. The van der Waals surface area contributed by atoms with Crippen molar-refractivity contribution in [1.29, 1.82) is 0 Å². The lowest BCUT2D eigenvalue weighted by Crippen LogP contribution is -2.44. The average Bonchev–Trinajstić information content (AvgIpc) is 2.68. The second-order valence-corrected chi connectivity index (χ2v) is 7.09. The van der Waals surface area contributed by atoms with Crippen LogP contribution in [0.1, 0.15) is 29.8 Å². The van der Waals surface area contributed by atoms with Crippen molar-refractivity contribution < 1.29 is 14.3 Å². The summed E-state index contributed by atoms with van der Waals surface area (Å²) in [5.41, 5.74) is 2.36. The van der Waals surface area contributed by atoms with Crippen molar-refractivity contribution in [3.63, 3.8) is 0 Å². The summed E-state index contributed by atoms with van der Waals surface area (Å²) in [6.45, 7) is 5.61. The summed E-state index contributed by atoms with van der Waals surface area (Å²) in [5, 5.41) is 2.93. The van der Waals surface area contributed by atoms with Crippen LogP contribution in [-0.2, 0) is 16.0 Å². The average molecular weight is 366 g/mol. The van der Waals surface area contributed by atoms with Crippen LogP contribution in [0, 0.1) is 5.92 Å². The maximum absolute atomic E-state index is 12.7. The Morgan fingerprint density at radius 1 is 1.19 bits per heavy atom. The van der Waals surface area contributed by atoms with Gasteiger partial charge in [0.15, 0.2) is 0 Å². The zero-order chi connectivity index (χ0) is 19.2. The predicted octanol–water partition coefficient (Wildman–Crippen LogP) is 3.36. The van der Waals surface area contributed by atoms with E-state index in [2.05, 4.69) is 5.32 Å². The van der Waals surface area contributed by atoms with E-state index < -0.39 is 0 Å². The summed E-state index contributed by atoms with van der Waals surface area (Å²) in [4.78, 5) is 27.0. The van der Waals surface area contributed by atoms with Crippen LogP contribution in [-0.4, -0.2) is 42.5 Å². The molecule has 0 aromatic heterocycles. The van der Waals surface area contributed by atoms with E-state index >= 15 is 0 Å². The molecule has 27 heavy (non-hydrogen) atoms. The number of benzene rings is 2. The molecule has 1 N–H and O–H groups in total. The van der Waals surface area contributed by atoms with Gasteiger partial charge < -0.3 is 15.0 Å². The van der Waals surface area contributed by atoms with Gasteiger partial charge in [-0.1, -0.05) is 43.3 Å². The van der Waals surface area contributed by atoms with Gasteiger partial charge in [0.25, 0.3) is 5.91 Å². The third-order valence-corrected chi connectivity index (χ3v) is 4.74. The fourth-order valence-corrected chi connectivity index (χ4v) is 3.24. The normalized spacial score (nSPS) is 18.0. The topological polar surface area (TPSA) is 58.6 Å². The van der Waals surface area contributed by atoms with Crippen molar-refractivity contribution in [2.24, 2.45) is 5.92 Å². The van der Waals surface area contributed by atoms with Gasteiger partial charge in [-0.05, 0) is 37.1 Å². The van der Waals surface area contributed by atoms with E-state index in [1.165, 1.54) is 0 Å². The molecule has 0 bridgehead atoms. The monoisotopic (exact) mass is 366 g/mol. The summed E-state index contributed by atoms with van der Waals surface area (Å²) < 4.78 is 5.49. The summed E-state index contributed by atoms with van der Waals surface area (Å²) in [7, 11) is 0. The lowest BCUT2D eigenvalue weighted by molar-refractivity contribution is -0.119. The van der Waals surface area contributed by atoms with E-state index in [4.69, 9.17) is 4.74 Å². The van der Waals surface area contributed by atoms with Gasteiger partial charge >= 0.3 is 0 Å². The van der Waals surface area contributed by atoms with E-state index in [9.17, 15) is 9.59 Å². The molecule has 2 atom stereocenters. The van der Waals surface area contributed by atoms with Crippen molar-refractivity contribution in [3.8, 4) is 0 Å². The highest BCUT2D eigenvalue weighted by molar-refractivity contribution is 5.97. The highest BCUT2D eigenvalue weighted by atomic mass is 16.5. The molecule has 2 aromatic carbocycles. The van der Waals surface area contributed by atoms with Gasteiger partial charge in [-0.2, -0.15) is 0 Å². The number of rotatable bonds is 5. The van der Waals surface area contributed by atoms with Crippen LogP contribution in [0.4, 0.5) is 5.69 Å². The van der Waals surface area contributed by atoms with E-state index in [0.717, 1.165) is 5.56 Å². The molecule has 2 amide bonds. The van der Waals surface area contributed by atoms with Gasteiger partial charge in [0.2, 0.25) is 5.91 Å². The van der Waals surface area contributed by atoms with Gasteiger partial charge in [0, 0.05) is 30.3 Å². The third kappa shape index (κ3) is 5.17. The highest BCUT2D eigenvalue weighted by Crippen LogP contribution is 2.17. The van der Waals surface area contributed by atoms with Crippen LogP contribution >= 0.6 is 0 Å². The van der Waals surface area contributed by atoms with Crippen LogP contribution in [0.2, 0.25) is 0 Å². The maximum atomic E-state index is 12.7. The molecule has 1 fully saturated rings. The minimum atomic E-state index is -0.160. The fourth-order valence-electron chi connectivity index (χ4n) is 3.24. The second-order valence-electron chi connectivity index (χ2n) is 7.09. The first-order valence-electron chi connectivity index (χ1n) is 9.38. The number of morpholine rings is 1. The van der Waals surface area contributed by atoms with E-state index in [0.29, 0.717) is 37.4 Å². The van der Waals surface area contributed by atoms with Crippen molar-refractivity contribution in [2.75, 3.05) is 25.0 Å². The zero-order valence-corrected chi connectivity index (χ0v) is 15.9. The van der Waals surface area contributed by atoms with Gasteiger partial charge in [0.05, 0.1) is 12.7 Å². The van der Waals surface area contributed by atoms with E-state index in [1.807, 2.05) is 50.2 Å². The third-order valence-electron chi connectivity index (χ3n) is 4.74. The Morgan fingerprint density at radius 3 is 2.70 bits per heavy atom. The van der Waals surface area contributed by atoms with Crippen molar-refractivity contribution >= 4 is 17.5 Å². The molecule has 0 radical (unpaired) electrons. The molecule has 5 nitrogen and oxygen atoms in total. The molecule has 2 unspecified atom stereocenters. The van der Waals surface area contributed by atoms with Gasteiger partial charge in [-0.3, -0.25) is 9.59 Å². The maximum Gasteiger partial charge on any atom is 0.254 e. The van der Waals surface area contributed by atoms with Crippen LogP contribution in [0.25, 0.3) is 0 Å². The van der Waals surface area contributed by atoms with Crippen LogP contribution < -0.4 is 5.32 Å². The van der Waals surface area contributed by atoms with Gasteiger partial charge in [-0.25, -0.2) is 0 Å². The lowest BCUT2D eigenvalue weighted by Gasteiger charge is -2.31. The largest absolute Gasteiger partial charge is 0.375 e. The van der Waals surface area contributed by atoms with Crippen LogP contribution in [0.5, 0.6) is 0 Å². The first-order chi connectivity index (χ1) is 13.0. The number of nitrogens with zero attached hydrogens (tertiary/aromatic N) is 1. The molecule has 1 saturated heterocycles. The molecule has 1 aliphatic heterocycles. The molecule has 2 aromatic rings. The zero-order valence-electron chi connectivity index (χ0n) is 15.9. The van der Waals surface area contributed by atoms with Gasteiger partial charge in [-0.15, -0.1) is 0 Å². The molecule has 0 saturated carbocycles. The molecule has 5 heteroatoms. The Balaban J connectivity index is 1.63. The van der Waals surface area contributed by atoms with Crippen molar-refractivity contribution in [3.05, 3.63) is 65.7 Å². The molecule has 0 aliphatic carbocycles. The summed E-state index contributed by atoms with van der Waals surface area (Å²) in [5.74, 6) is -0.242. The molecule has 0 spiro atoms. The Kier molecular flexibility index (Phi) is 6.24. The molecule has 3 rings (SSSR count). The molecular formula is C22H26N2O3. The molecule has 1 heterocycles. The highest BCUT2D eigenvalue weighted by Gasteiger charge is 2.23. The van der Waals surface area contributed by atoms with Crippen molar-refractivity contribution in [2.45, 2.75) is 26.4 Å². The minimum absolute atomic E-state index is 0.0291. The first-order valence-corrected chi connectivity index (χ1v) is 9.38. The van der Waals surface area contributed by atoms with Crippen LogP contribution in [0.3, 0.4) is 0 Å². The Labute approximate surface area is 160 Å². The molecule has 142 valence electrons. The summed E-state index contributed by atoms with van der Waals surface area (Å²) >= 11 is 0. The summed E-state index contributed by atoms with van der Waals surface area (Å²) in [6, 6.07) is 17.1. The predicted molar refractivity (Wildman–Crippen MR) is 106 cm³/mol. The smallest absolute Gasteiger partial charge is 0.254 e. The number of anilines is 1. The summed E-state index contributed by atoms with van der Waals surface area (Å²) in [6.07, 6.45) is 0.723. The van der Waals surface area contributed by atoms with Crippen molar-refractivity contribution in [1.82, 2.24) is 4.90 Å². The Hall–Kier alpha value is -2.66. The quantitative estimate of drug-likeness (QED) is 0.883. The standard InChI is InChI=1S/C22H26N2O3/c1-16(13-18-7-4-3-5-8-18)21(25)23-20-10-6-9-19(14-20)22(26)24-11-12-27-17(2)15-24/h3-10,14,16-17H,11-13,15H2,1-2H3,(H,23,25). The van der Waals surface area contributed by atoms with E-state index in [1.54, 1.807) is 23.1 Å². The van der Waals surface area contributed by atoms with Gasteiger partial charge in [0.1, 0.15) is 0 Å². The minimum Gasteiger partial charge on any atom is -0.375 e.